The van der Waals surface area contributed by atoms with Crippen molar-refractivity contribution in [3.8, 4) is 16.9 Å². The Morgan fingerprint density at radius 2 is 1.78 bits per heavy atom. The number of esters is 1. The minimum Gasteiger partial charge on any atom is -0.480 e. The fourth-order valence-electron chi connectivity index (χ4n) is 11.1. The average molecular weight is 713 g/mol. The van der Waals surface area contributed by atoms with Crippen LogP contribution in [0.15, 0.2) is 69.4 Å². The molecule has 2 aromatic carbocycles. The second-order valence-corrected chi connectivity index (χ2v) is 18.0. The van der Waals surface area contributed by atoms with Crippen LogP contribution in [-0.2, 0) is 9.53 Å². The summed E-state index contributed by atoms with van der Waals surface area (Å²) in [6.07, 6.45) is 17.4. The topological polar surface area (TPSA) is 65.7 Å². The summed E-state index contributed by atoms with van der Waals surface area (Å²) in [6.45, 7) is 12.1. The van der Waals surface area contributed by atoms with Crippen LogP contribution < -0.4 is 10.4 Å². The van der Waals surface area contributed by atoms with Crippen LogP contribution in [0.1, 0.15) is 112 Å². The third kappa shape index (κ3) is 7.44. The number of ether oxygens (including phenoxy) is 2. The highest BCUT2D eigenvalue weighted by Crippen LogP contribution is 2.65. The van der Waals surface area contributed by atoms with E-state index in [2.05, 4.69) is 40.7 Å². The molecule has 1 heterocycles. The molecule has 51 heavy (non-hydrogen) atoms. The molecule has 0 amide bonds. The van der Waals surface area contributed by atoms with E-state index in [9.17, 15) is 9.59 Å². The van der Waals surface area contributed by atoms with Gasteiger partial charge in [-0.1, -0.05) is 107 Å². The van der Waals surface area contributed by atoms with Crippen LogP contribution in [0, 0.1) is 46.3 Å². The SMILES string of the molecule is CC(C)CCC[C@@H](C)[C@H]1CC[C@H]2[C@H]3CC=C4C[C@H](OC(=O)COc5cc6oc(=O)cc(-c7ccccc7)c6cc5Cl)CC[C@]4(C)[C@@H]3CC[C@]2(C)C1. The Morgan fingerprint density at radius 1 is 0.980 bits per heavy atom. The average Bonchev–Trinajstić information content (AvgIpc) is 3.10. The van der Waals surface area contributed by atoms with Crippen LogP contribution in [0.5, 0.6) is 5.75 Å². The quantitative estimate of drug-likeness (QED) is 0.119. The fourth-order valence-corrected chi connectivity index (χ4v) is 11.3. The van der Waals surface area contributed by atoms with Crippen LogP contribution >= 0.6 is 11.6 Å². The molecule has 5 nitrogen and oxygen atoms in total. The van der Waals surface area contributed by atoms with Crippen LogP contribution in [-0.4, -0.2) is 18.7 Å². The lowest BCUT2D eigenvalue weighted by Crippen LogP contribution is -2.52. The molecular formula is C45H57ClO5. The molecule has 7 rings (SSSR count). The van der Waals surface area contributed by atoms with E-state index in [0.29, 0.717) is 21.4 Å². The van der Waals surface area contributed by atoms with E-state index in [1.165, 1.54) is 69.4 Å². The van der Waals surface area contributed by atoms with E-state index in [0.717, 1.165) is 65.9 Å². The van der Waals surface area contributed by atoms with Gasteiger partial charge in [-0.2, -0.15) is 0 Å². The predicted molar refractivity (Wildman–Crippen MR) is 206 cm³/mol. The van der Waals surface area contributed by atoms with E-state index < -0.39 is 11.6 Å². The normalized spacial score (nSPS) is 30.9. The summed E-state index contributed by atoms with van der Waals surface area (Å²) < 4.78 is 17.4. The Hall–Kier alpha value is -3.05. The minimum absolute atomic E-state index is 0.142. The number of carbonyl (C=O) groups excluding carboxylic acids is 1. The maximum atomic E-state index is 13.1. The summed E-state index contributed by atoms with van der Waals surface area (Å²) in [6, 6.07) is 14.4. The molecule has 4 aliphatic rings. The summed E-state index contributed by atoms with van der Waals surface area (Å²) in [4.78, 5) is 25.5. The molecule has 0 unspecified atom stereocenters. The van der Waals surface area contributed by atoms with Crippen LogP contribution in [0.4, 0.5) is 0 Å². The largest absolute Gasteiger partial charge is 0.480 e. The highest BCUT2D eigenvalue weighted by Gasteiger charge is 2.56. The van der Waals surface area contributed by atoms with Crippen molar-refractivity contribution in [2.45, 2.75) is 118 Å². The Balaban J connectivity index is 0.959. The lowest BCUT2D eigenvalue weighted by Gasteiger charge is -2.61. The summed E-state index contributed by atoms with van der Waals surface area (Å²) in [5.74, 6) is 4.76. The maximum absolute atomic E-state index is 13.1. The van der Waals surface area contributed by atoms with Gasteiger partial charge < -0.3 is 13.9 Å². The first-order valence-electron chi connectivity index (χ1n) is 19.8. The molecule has 6 heteroatoms. The second-order valence-electron chi connectivity index (χ2n) is 17.6. The van der Waals surface area contributed by atoms with Gasteiger partial charge in [0.1, 0.15) is 17.4 Å². The van der Waals surface area contributed by atoms with Crippen LogP contribution in [0.3, 0.4) is 0 Å². The van der Waals surface area contributed by atoms with Crippen molar-refractivity contribution in [1.29, 1.82) is 0 Å². The summed E-state index contributed by atoms with van der Waals surface area (Å²) in [5.41, 5.74) is 3.69. The molecule has 1 aromatic heterocycles. The summed E-state index contributed by atoms with van der Waals surface area (Å²) in [5, 5.41) is 1.04. The van der Waals surface area contributed by atoms with Gasteiger partial charge in [0, 0.05) is 23.9 Å². The number of benzene rings is 2. The monoisotopic (exact) mass is 712 g/mol. The first-order valence-corrected chi connectivity index (χ1v) is 20.2. The van der Waals surface area contributed by atoms with Crippen LogP contribution in [0.25, 0.3) is 22.1 Å². The Kier molecular flexibility index (Phi) is 10.5. The predicted octanol–water partition coefficient (Wildman–Crippen LogP) is 11.8. The summed E-state index contributed by atoms with van der Waals surface area (Å²) >= 11 is 6.62. The van der Waals surface area contributed by atoms with Crippen LogP contribution in [0.2, 0.25) is 5.02 Å². The number of halogens is 1. The zero-order valence-corrected chi connectivity index (χ0v) is 32.1. The van der Waals surface area contributed by atoms with Crippen molar-refractivity contribution in [2.24, 2.45) is 46.3 Å². The number of allylic oxidation sites excluding steroid dienone is 1. The molecular weight excluding hydrogens is 656 g/mol. The molecule has 274 valence electrons. The van der Waals surface area contributed by atoms with Gasteiger partial charge in [0.2, 0.25) is 0 Å². The van der Waals surface area contributed by atoms with E-state index in [4.69, 9.17) is 25.5 Å². The van der Waals surface area contributed by atoms with Crippen molar-refractivity contribution in [3.63, 3.8) is 0 Å². The van der Waals surface area contributed by atoms with E-state index >= 15 is 0 Å². The van der Waals surface area contributed by atoms with Gasteiger partial charge in [-0.15, -0.1) is 0 Å². The summed E-state index contributed by atoms with van der Waals surface area (Å²) in [7, 11) is 0. The molecule has 0 N–H and O–H groups in total. The number of hydrogen-bond acceptors (Lipinski definition) is 5. The highest BCUT2D eigenvalue weighted by atomic mass is 35.5. The van der Waals surface area contributed by atoms with Gasteiger partial charge in [0.25, 0.3) is 0 Å². The molecule has 0 bridgehead atoms. The first-order chi connectivity index (χ1) is 24.4. The Morgan fingerprint density at radius 3 is 2.57 bits per heavy atom. The number of rotatable bonds is 10. The zero-order chi connectivity index (χ0) is 35.9. The van der Waals surface area contributed by atoms with Gasteiger partial charge in [-0.25, -0.2) is 9.59 Å². The zero-order valence-electron chi connectivity index (χ0n) is 31.3. The Bertz CT molecular complexity index is 1810. The van der Waals surface area contributed by atoms with E-state index in [-0.39, 0.29) is 23.9 Å². The third-order valence-corrected chi connectivity index (χ3v) is 14.2. The van der Waals surface area contributed by atoms with Crippen molar-refractivity contribution in [3.05, 3.63) is 75.6 Å². The third-order valence-electron chi connectivity index (χ3n) is 13.9. The highest BCUT2D eigenvalue weighted by molar-refractivity contribution is 6.33. The number of carbonyl (C=O) groups is 1. The Labute approximate surface area is 309 Å². The molecule has 8 atom stereocenters. The van der Waals surface area contributed by atoms with Crippen molar-refractivity contribution in [1.82, 2.24) is 0 Å². The van der Waals surface area contributed by atoms with Gasteiger partial charge in [-0.3, -0.25) is 0 Å². The second kappa shape index (κ2) is 14.8. The lowest BCUT2D eigenvalue weighted by atomic mass is 9.44. The van der Waals surface area contributed by atoms with E-state index in [1.54, 1.807) is 12.1 Å². The number of fused-ring (bicyclic) bond motifs is 6. The minimum atomic E-state index is -0.464. The van der Waals surface area contributed by atoms with Crippen molar-refractivity contribution < 1.29 is 18.7 Å². The van der Waals surface area contributed by atoms with E-state index in [1.807, 2.05) is 30.3 Å². The van der Waals surface area contributed by atoms with Gasteiger partial charge in [0.05, 0.1) is 5.02 Å². The lowest BCUT2D eigenvalue weighted by molar-refractivity contribution is -0.154. The standard InChI is InChI=1S/C45H57ClO5/c1-28(2)10-9-11-29(3)31-14-17-37-34-16-15-32-22-33(18-21-45(32,5)38(34)19-20-44(37,4)26-31)50-43(48)27-49-41-25-40-36(23-39(41)46)35(24-42(47)51-40)30-12-7-6-8-13-30/h6-8,12-13,15,23-25,28-29,31,33-34,37-38H,9-11,14,16-22,26-27H2,1-5H3/t29-,31+,33-,34-,37+,38-,44-,45+/m1/s1. The molecule has 3 fully saturated rings. The maximum Gasteiger partial charge on any atom is 0.344 e. The molecule has 3 aromatic rings. The molecule has 0 spiro atoms. The number of hydrogen-bond donors (Lipinski definition) is 0. The fraction of sp³-hybridized carbons (Fsp3) is 0.600. The molecule has 0 aliphatic heterocycles. The molecule has 0 radical (unpaired) electrons. The molecule has 4 aliphatic carbocycles. The first kappa shape index (κ1) is 36.3. The molecule has 3 saturated carbocycles. The smallest absolute Gasteiger partial charge is 0.344 e. The van der Waals surface area contributed by atoms with Gasteiger partial charge >= 0.3 is 11.6 Å². The molecule has 0 saturated heterocycles. The van der Waals surface area contributed by atoms with Crippen molar-refractivity contribution in [2.75, 3.05) is 6.61 Å². The van der Waals surface area contributed by atoms with Gasteiger partial charge in [-0.05, 0) is 115 Å². The van der Waals surface area contributed by atoms with Gasteiger partial charge in [0.15, 0.2) is 6.61 Å². The van der Waals surface area contributed by atoms with Crippen molar-refractivity contribution >= 4 is 28.5 Å².